The van der Waals surface area contributed by atoms with Crippen LogP contribution in [0.15, 0.2) is 0 Å². The quantitative estimate of drug-likeness (QED) is 0.840. The standard InChI is InChI=1S/C16H24N4O2S/c21-14(19-7-9-22-10-8-19)11-12-3-5-20(6-4-12)16-17-15(18-23-16)13-1-2-13/h12-13H,1-11H2. The first kappa shape index (κ1) is 15.3. The highest BCUT2D eigenvalue weighted by molar-refractivity contribution is 7.09. The van der Waals surface area contributed by atoms with Crippen molar-refractivity contribution in [1.82, 2.24) is 14.3 Å². The molecule has 2 saturated heterocycles. The lowest BCUT2D eigenvalue weighted by Crippen LogP contribution is -2.42. The van der Waals surface area contributed by atoms with Crippen molar-refractivity contribution in [2.75, 3.05) is 44.3 Å². The van der Waals surface area contributed by atoms with Crippen molar-refractivity contribution in [2.45, 2.75) is 38.0 Å². The van der Waals surface area contributed by atoms with Gasteiger partial charge in [-0.1, -0.05) is 0 Å². The largest absolute Gasteiger partial charge is 0.378 e. The number of hydrogen-bond acceptors (Lipinski definition) is 6. The van der Waals surface area contributed by atoms with Crippen LogP contribution in [0, 0.1) is 5.92 Å². The molecule has 7 heteroatoms. The zero-order chi connectivity index (χ0) is 15.6. The van der Waals surface area contributed by atoms with Crippen LogP contribution in [0.4, 0.5) is 5.13 Å². The van der Waals surface area contributed by atoms with Gasteiger partial charge in [0, 0.05) is 50.1 Å². The molecule has 0 bridgehead atoms. The molecule has 0 unspecified atom stereocenters. The molecule has 3 fully saturated rings. The van der Waals surface area contributed by atoms with Crippen LogP contribution in [-0.4, -0.2) is 59.6 Å². The van der Waals surface area contributed by atoms with Crippen LogP contribution in [0.3, 0.4) is 0 Å². The van der Waals surface area contributed by atoms with E-state index in [0.29, 0.717) is 37.4 Å². The molecule has 3 aliphatic rings. The number of rotatable bonds is 4. The van der Waals surface area contributed by atoms with E-state index in [1.165, 1.54) is 24.4 Å². The van der Waals surface area contributed by atoms with E-state index in [2.05, 4.69) is 9.27 Å². The van der Waals surface area contributed by atoms with Gasteiger partial charge >= 0.3 is 0 Å². The second-order valence-electron chi connectivity index (χ2n) is 6.84. The Morgan fingerprint density at radius 1 is 1.13 bits per heavy atom. The van der Waals surface area contributed by atoms with Gasteiger partial charge in [-0.05, 0) is 31.6 Å². The van der Waals surface area contributed by atoms with Crippen molar-refractivity contribution in [3.63, 3.8) is 0 Å². The Balaban J connectivity index is 1.25. The number of aromatic nitrogens is 2. The Morgan fingerprint density at radius 3 is 2.57 bits per heavy atom. The predicted octanol–water partition coefficient (Wildman–Crippen LogP) is 1.88. The van der Waals surface area contributed by atoms with Crippen LogP contribution in [0.2, 0.25) is 0 Å². The van der Waals surface area contributed by atoms with Gasteiger partial charge in [-0.25, -0.2) is 4.98 Å². The van der Waals surface area contributed by atoms with Gasteiger partial charge in [0.15, 0.2) is 0 Å². The number of anilines is 1. The molecule has 2 aliphatic heterocycles. The molecule has 1 aliphatic carbocycles. The minimum Gasteiger partial charge on any atom is -0.378 e. The lowest BCUT2D eigenvalue weighted by molar-refractivity contribution is -0.136. The maximum atomic E-state index is 12.3. The maximum absolute atomic E-state index is 12.3. The minimum absolute atomic E-state index is 0.304. The summed E-state index contributed by atoms with van der Waals surface area (Å²) >= 11 is 1.54. The van der Waals surface area contributed by atoms with E-state index in [9.17, 15) is 4.79 Å². The van der Waals surface area contributed by atoms with E-state index in [-0.39, 0.29) is 0 Å². The van der Waals surface area contributed by atoms with E-state index in [4.69, 9.17) is 9.72 Å². The number of piperidine rings is 1. The summed E-state index contributed by atoms with van der Waals surface area (Å²) in [5.74, 6) is 2.49. The number of amides is 1. The summed E-state index contributed by atoms with van der Waals surface area (Å²) in [6.07, 6.45) is 5.35. The van der Waals surface area contributed by atoms with E-state index < -0.39 is 0 Å². The molecule has 0 spiro atoms. The first-order chi connectivity index (χ1) is 11.3. The Hall–Kier alpha value is -1.21. The molecule has 23 heavy (non-hydrogen) atoms. The average molecular weight is 336 g/mol. The summed E-state index contributed by atoms with van der Waals surface area (Å²) in [4.78, 5) is 21.3. The molecular weight excluding hydrogens is 312 g/mol. The van der Waals surface area contributed by atoms with Crippen molar-refractivity contribution in [1.29, 1.82) is 0 Å². The Labute approximate surface area is 141 Å². The van der Waals surface area contributed by atoms with Crippen LogP contribution in [0.1, 0.15) is 43.8 Å². The van der Waals surface area contributed by atoms with Gasteiger partial charge in [0.2, 0.25) is 11.0 Å². The molecule has 1 aromatic heterocycles. The zero-order valence-corrected chi connectivity index (χ0v) is 14.3. The smallest absolute Gasteiger partial charge is 0.223 e. The van der Waals surface area contributed by atoms with Crippen LogP contribution < -0.4 is 4.90 Å². The summed E-state index contributed by atoms with van der Waals surface area (Å²) in [7, 11) is 0. The molecule has 4 rings (SSSR count). The summed E-state index contributed by atoms with van der Waals surface area (Å²) in [6, 6.07) is 0. The third-order valence-electron chi connectivity index (χ3n) is 5.09. The van der Waals surface area contributed by atoms with Crippen molar-refractivity contribution in [2.24, 2.45) is 5.92 Å². The van der Waals surface area contributed by atoms with Crippen molar-refractivity contribution in [3.8, 4) is 0 Å². The average Bonchev–Trinajstić information content (AvgIpc) is 3.34. The second-order valence-corrected chi connectivity index (χ2v) is 7.57. The molecule has 1 saturated carbocycles. The molecule has 1 amide bonds. The van der Waals surface area contributed by atoms with Crippen LogP contribution in [-0.2, 0) is 9.53 Å². The van der Waals surface area contributed by atoms with Gasteiger partial charge in [0.25, 0.3) is 0 Å². The van der Waals surface area contributed by atoms with Gasteiger partial charge in [0.1, 0.15) is 5.82 Å². The van der Waals surface area contributed by atoms with Gasteiger partial charge in [-0.2, -0.15) is 4.37 Å². The Bertz CT molecular complexity index is 546. The fraction of sp³-hybridized carbons (Fsp3) is 0.812. The number of carbonyl (C=O) groups excluding carboxylic acids is 1. The zero-order valence-electron chi connectivity index (χ0n) is 13.4. The van der Waals surface area contributed by atoms with Crippen LogP contribution in [0.5, 0.6) is 0 Å². The van der Waals surface area contributed by atoms with E-state index >= 15 is 0 Å². The number of carbonyl (C=O) groups is 1. The van der Waals surface area contributed by atoms with Crippen molar-refractivity contribution in [3.05, 3.63) is 5.82 Å². The van der Waals surface area contributed by atoms with Crippen LogP contribution >= 0.6 is 11.5 Å². The molecule has 0 radical (unpaired) electrons. The maximum Gasteiger partial charge on any atom is 0.223 e. The normalized spacial score (nSPS) is 23.3. The number of hydrogen-bond donors (Lipinski definition) is 0. The Kier molecular flexibility index (Phi) is 4.48. The van der Waals surface area contributed by atoms with Crippen molar-refractivity contribution < 1.29 is 9.53 Å². The topological polar surface area (TPSA) is 58.6 Å². The van der Waals surface area contributed by atoms with Gasteiger partial charge in [-0.15, -0.1) is 0 Å². The fourth-order valence-electron chi connectivity index (χ4n) is 3.38. The lowest BCUT2D eigenvalue weighted by Gasteiger charge is -2.33. The third-order valence-corrected chi connectivity index (χ3v) is 5.88. The molecule has 126 valence electrons. The van der Waals surface area contributed by atoms with E-state index in [1.807, 2.05) is 4.90 Å². The third kappa shape index (κ3) is 3.66. The number of nitrogens with zero attached hydrogens (tertiary/aromatic N) is 4. The molecule has 0 aromatic carbocycles. The summed E-state index contributed by atoms with van der Waals surface area (Å²) in [5, 5.41) is 1.07. The SMILES string of the molecule is O=C(CC1CCN(c2nc(C3CC3)ns2)CC1)N1CCOCC1. The fourth-order valence-corrected chi connectivity index (χ4v) is 4.18. The monoisotopic (exact) mass is 336 g/mol. The van der Waals surface area contributed by atoms with Gasteiger partial charge in [0.05, 0.1) is 13.2 Å². The molecule has 1 aromatic rings. The lowest BCUT2D eigenvalue weighted by atomic mass is 9.93. The second kappa shape index (κ2) is 6.73. The molecule has 3 heterocycles. The highest BCUT2D eigenvalue weighted by Gasteiger charge is 2.30. The van der Waals surface area contributed by atoms with Gasteiger partial charge in [-0.3, -0.25) is 4.79 Å². The highest BCUT2D eigenvalue weighted by Crippen LogP contribution is 2.40. The Morgan fingerprint density at radius 2 is 1.87 bits per heavy atom. The van der Waals surface area contributed by atoms with E-state index in [0.717, 1.165) is 50.0 Å². The van der Waals surface area contributed by atoms with E-state index in [1.54, 1.807) is 0 Å². The predicted molar refractivity (Wildman–Crippen MR) is 88.8 cm³/mol. The minimum atomic E-state index is 0.304. The number of ether oxygens (including phenoxy) is 1. The van der Waals surface area contributed by atoms with Gasteiger partial charge < -0.3 is 14.5 Å². The first-order valence-electron chi connectivity index (χ1n) is 8.73. The summed E-state index contributed by atoms with van der Waals surface area (Å²) < 4.78 is 9.81. The number of morpholine rings is 1. The highest BCUT2D eigenvalue weighted by atomic mass is 32.1. The molecule has 0 atom stereocenters. The summed E-state index contributed by atoms with van der Waals surface area (Å²) in [6.45, 7) is 4.88. The van der Waals surface area contributed by atoms with Crippen molar-refractivity contribution >= 4 is 22.6 Å². The molecular formula is C16H24N4O2S. The van der Waals surface area contributed by atoms with Crippen LogP contribution in [0.25, 0.3) is 0 Å². The molecule has 6 nitrogen and oxygen atoms in total. The molecule has 0 N–H and O–H groups in total. The first-order valence-corrected chi connectivity index (χ1v) is 9.51. The summed E-state index contributed by atoms with van der Waals surface area (Å²) in [5.41, 5.74) is 0.